The topological polar surface area (TPSA) is 142 Å². The number of rotatable bonds is 8. The first kappa shape index (κ1) is 32.8. The van der Waals surface area contributed by atoms with E-state index >= 15 is 4.39 Å². The minimum atomic E-state index is -0.973. The molecule has 2 aliphatic heterocycles. The van der Waals surface area contributed by atoms with E-state index in [0.29, 0.717) is 13.0 Å². The summed E-state index contributed by atoms with van der Waals surface area (Å²) in [6.07, 6.45) is 3.79. The van der Waals surface area contributed by atoms with Crippen LogP contribution in [0.1, 0.15) is 24.8 Å². The first-order valence-electron chi connectivity index (χ1n) is 15.5. The molecular formula is C32H30ClF3N10O2S. The van der Waals surface area contributed by atoms with Crippen molar-refractivity contribution in [3.63, 3.8) is 0 Å². The molecule has 12 nitrogen and oxygen atoms in total. The van der Waals surface area contributed by atoms with Gasteiger partial charge in [-0.3, -0.25) is 4.90 Å². The predicted molar refractivity (Wildman–Crippen MR) is 180 cm³/mol. The van der Waals surface area contributed by atoms with Crippen LogP contribution in [-0.2, 0) is 0 Å². The van der Waals surface area contributed by atoms with Crippen molar-refractivity contribution >= 4 is 60.8 Å². The highest BCUT2D eigenvalue weighted by molar-refractivity contribution is 7.23. The number of alkyl halides is 1. The molecule has 17 heteroatoms. The summed E-state index contributed by atoms with van der Waals surface area (Å²) in [4.78, 5) is 28.0. The third kappa shape index (κ3) is 5.65. The number of carbonyl (C=O) groups excluding carboxylic acids is 1. The second kappa shape index (κ2) is 12.6. The lowest BCUT2D eigenvalue weighted by atomic mass is 9.95. The van der Waals surface area contributed by atoms with Gasteiger partial charge in [0.1, 0.15) is 41.0 Å². The van der Waals surface area contributed by atoms with Crippen molar-refractivity contribution in [3.8, 4) is 23.2 Å². The number of nitrogens with zero attached hydrogens (tertiary/aromatic N) is 9. The lowest BCUT2D eigenvalue weighted by Gasteiger charge is -2.31. The molecule has 2 aliphatic rings. The van der Waals surface area contributed by atoms with Gasteiger partial charge in [-0.25, -0.2) is 18.0 Å². The summed E-state index contributed by atoms with van der Waals surface area (Å²) < 4.78 is 52.5. The van der Waals surface area contributed by atoms with Crippen LogP contribution >= 0.6 is 22.9 Å². The van der Waals surface area contributed by atoms with Gasteiger partial charge < -0.3 is 20.3 Å². The van der Waals surface area contributed by atoms with E-state index in [9.17, 15) is 18.8 Å². The van der Waals surface area contributed by atoms with Crippen molar-refractivity contribution in [2.45, 2.75) is 31.0 Å². The number of hydrogen-bond acceptors (Lipinski definition) is 11. The Balaban J connectivity index is 1.32. The van der Waals surface area contributed by atoms with Crippen molar-refractivity contribution in [2.24, 2.45) is 0 Å². The molecule has 0 spiro atoms. The highest BCUT2D eigenvalue weighted by Crippen LogP contribution is 2.46. The normalized spacial score (nSPS) is 19.0. The van der Waals surface area contributed by atoms with Crippen LogP contribution in [0.15, 0.2) is 30.6 Å². The summed E-state index contributed by atoms with van der Waals surface area (Å²) >= 11 is 7.68. The molecule has 5 heterocycles. The third-order valence-electron chi connectivity index (χ3n) is 9.32. The van der Waals surface area contributed by atoms with Crippen LogP contribution in [0, 0.1) is 23.0 Å². The largest absolute Gasteiger partial charge is 0.461 e. The van der Waals surface area contributed by atoms with Gasteiger partial charge in [0.15, 0.2) is 5.82 Å². The number of thiophene rings is 1. The number of nitriles is 1. The SMILES string of the molecule is CN(CCN(C)c1nc(OC[C@@]23CCCN2C[C@H](F)C3)nc2c(F)c(-c3ccc(F)c4sc(N)c(C#N)c34)c(Cl)cc12)C(=O)n1nccn1. The van der Waals surface area contributed by atoms with Crippen LogP contribution in [-0.4, -0.2) is 99.4 Å². The average Bonchev–Trinajstić information content (AvgIpc) is 3.87. The average molecular weight is 711 g/mol. The number of hydrogen-bond donors (Lipinski definition) is 1. The monoisotopic (exact) mass is 710 g/mol. The minimum absolute atomic E-state index is 0.0179. The molecule has 0 bridgehead atoms. The number of nitrogen functional groups attached to an aromatic ring is 1. The molecule has 0 saturated carbocycles. The van der Waals surface area contributed by atoms with Crippen molar-refractivity contribution in [1.82, 2.24) is 34.8 Å². The third-order valence-corrected chi connectivity index (χ3v) is 10.6. The Kier molecular flexibility index (Phi) is 8.45. The van der Waals surface area contributed by atoms with Gasteiger partial charge >= 0.3 is 12.0 Å². The van der Waals surface area contributed by atoms with E-state index < -0.39 is 29.4 Å². The fourth-order valence-corrected chi connectivity index (χ4v) is 8.13. The van der Waals surface area contributed by atoms with Gasteiger partial charge in [0.05, 0.1) is 33.2 Å². The molecule has 7 rings (SSSR count). The van der Waals surface area contributed by atoms with E-state index in [1.54, 1.807) is 19.0 Å². The molecule has 49 heavy (non-hydrogen) atoms. The molecule has 2 saturated heterocycles. The number of fused-ring (bicyclic) bond motifs is 3. The molecule has 5 aromatic rings. The maximum Gasteiger partial charge on any atom is 0.361 e. The second-order valence-corrected chi connectivity index (χ2v) is 13.8. The number of nitrogens with two attached hydrogens (primary N) is 1. The molecule has 1 amide bonds. The molecule has 3 aromatic heterocycles. The molecular weight excluding hydrogens is 681 g/mol. The van der Waals surface area contributed by atoms with Crippen molar-refractivity contribution in [2.75, 3.05) is 57.5 Å². The van der Waals surface area contributed by atoms with E-state index in [-0.39, 0.29) is 79.2 Å². The zero-order valence-corrected chi connectivity index (χ0v) is 28.0. The molecule has 2 atom stereocenters. The molecule has 0 radical (unpaired) electrons. The van der Waals surface area contributed by atoms with E-state index in [1.807, 2.05) is 6.07 Å². The van der Waals surface area contributed by atoms with Gasteiger partial charge in [-0.2, -0.15) is 25.4 Å². The predicted octanol–water partition coefficient (Wildman–Crippen LogP) is 5.48. The number of ether oxygens (including phenoxy) is 1. The first-order chi connectivity index (χ1) is 23.5. The Labute approximate surface area is 287 Å². The van der Waals surface area contributed by atoms with Crippen LogP contribution in [0.2, 0.25) is 5.02 Å². The van der Waals surface area contributed by atoms with Crippen molar-refractivity contribution < 1.29 is 22.7 Å². The fraction of sp³-hybridized carbons (Fsp3) is 0.375. The molecule has 0 unspecified atom stereocenters. The summed E-state index contributed by atoms with van der Waals surface area (Å²) in [7, 11) is 3.31. The molecule has 0 aliphatic carbocycles. The van der Waals surface area contributed by atoms with Crippen LogP contribution in [0.25, 0.3) is 32.1 Å². The lowest BCUT2D eigenvalue weighted by Crippen LogP contribution is -2.43. The van der Waals surface area contributed by atoms with E-state index in [4.69, 9.17) is 22.1 Å². The summed E-state index contributed by atoms with van der Waals surface area (Å²) in [5, 5.41) is 18.1. The van der Waals surface area contributed by atoms with Gasteiger partial charge in [0, 0.05) is 56.5 Å². The molecule has 254 valence electrons. The molecule has 2 fully saturated rings. The number of aromatic nitrogens is 5. The highest BCUT2D eigenvalue weighted by atomic mass is 35.5. The van der Waals surface area contributed by atoms with E-state index in [2.05, 4.69) is 25.1 Å². The quantitative estimate of drug-likeness (QED) is 0.220. The van der Waals surface area contributed by atoms with E-state index in [1.165, 1.54) is 35.5 Å². The maximum absolute atomic E-state index is 16.9. The van der Waals surface area contributed by atoms with Crippen LogP contribution in [0.5, 0.6) is 6.01 Å². The first-order valence-corrected chi connectivity index (χ1v) is 16.7. The van der Waals surface area contributed by atoms with Crippen LogP contribution in [0.3, 0.4) is 0 Å². The van der Waals surface area contributed by atoms with Gasteiger partial charge in [-0.15, -0.1) is 11.3 Å². The van der Waals surface area contributed by atoms with Gasteiger partial charge in [-0.1, -0.05) is 22.5 Å². The van der Waals surface area contributed by atoms with E-state index in [0.717, 1.165) is 35.5 Å². The van der Waals surface area contributed by atoms with Crippen LogP contribution in [0.4, 0.5) is 28.8 Å². The van der Waals surface area contributed by atoms with Gasteiger partial charge in [-0.05, 0) is 37.1 Å². The Bertz CT molecular complexity index is 2140. The number of carbonyl (C=O) groups is 1. The number of likely N-dealkylation sites (N-methyl/N-ethyl adjacent to an activating group) is 2. The number of halogens is 4. The Morgan fingerprint density at radius 3 is 2.78 bits per heavy atom. The lowest BCUT2D eigenvalue weighted by molar-refractivity contribution is 0.107. The Morgan fingerprint density at radius 2 is 2.02 bits per heavy atom. The summed E-state index contributed by atoms with van der Waals surface area (Å²) in [5.41, 5.74) is 5.50. The molecule has 2 N–H and O–H groups in total. The maximum atomic E-state index is 16.9. The Morgan fingerprint density at radius 1 is 1.24 bits per heavy atom. The second-order valence-electron chi connectivity index (χ2n) is 12.3. The Hall–Kier alpha value is -4.72. The molecule has 2 aromatic carbocycles. The van der Waals surface area contributed by atoms with Crippen molar-refractivity contribution in [3.05, 3.63) is 52.8 Å². The zero-order valence-electron chi connectivity index (χ0n) is 26.5. The fourth-order valence-electron chi connectivity index (χ4n) is 6.89. The number of benzene rings is 2. The summed E-state index contributed by atoms with van der Waals surface area (Å²) in [6, 6.07) is 5.46. The minimum Gasteiger partial charge on any atom is -0.461 e. The van der Waals surface area contributed by atoms with Gasteiger partial charge in [0.25, 0.3) is 0 Å². The smallest absolute Gasteiger partial charge is 0.361 e. The van der Waals surface area contributed by atoms with Crippen LogP contribution < -0.4 is 15.4 Å². The summed E-state index contributed by atoms with van der Waals surface area (Å²) in [6.45, 7) is 1.66. The van der Waals surface area contributed by atoms with Crippen molar-refractivity contribution in [1.29, 1.82) is 5.26 Å². The number of amides is 1. The number of anilines is 2. The summed E-state index contributed by atoms with van der Waals surface area (Å²) in [5.74, 6) is -1.18. The highest BCUT2D eigenvalue weighted by Gasteiger charge is 2.49. The van der Waals surface area contributed by atoms with Gasteiger partial charge in [0.2, 0.25) is 0 Å². The standard InChI is InChI=1S/C32H30ClF3N10O2S/c1-43(10-11-44(2)31(47)46-39-7-8-40-46)29-19-12-21(33)24(18-4-5-22(35)27-23(18)20(14-37)28(38)49-27)25(36)26(19)41-30(42-29)48-16-32-6-3-9-45(32)15-17(34)13-32/h4-5,7-8,12,17H,3,6,9-11,13,15-16,38H2,1-2H3/t17-,32+/m1/s1. The zero-order chi connectivity index (χ0) is 34.6.